The molecule has 1 aliphatic carbocycles. The molecule has 0 spiro atoms. The average molecular weight is 519 g/mol. The van der Waals surface area contributed by atoms with Gasteiger partial charge in [0.2, 0.25) is 0 Å². The van der Waals surface area contributed by atoms with E-state index in [4.69, 9.17) is 32.5 Å². The minimum absolute atomic E-state index is 0.265. The number of benzene rings is 3. The maximum atomic E-state index is 11.3. The largest absolute Gasteiger partial charge is 0.489 e. The van der Waals surface area contributed by atoms with Gasteiger partial charge in [-0.1, -0.05) is 34.4 Å². The molecule has 8 heteroatoms. The minimum Gasteiger partial charge on any atom is -0.489 e. The molecule has 1 aliphatic rings. The van der Waals surface area contributed by atoms with Gasteiger partial charge in [0.15, 0.2) is 0 Å². The standard InChI is InChI=1S/C28H20Cl2N2O4/c29-22-2-1-3-23(30)25(22)26-21(27(36-31-26)16-4-5-16)15-35-20-9-7-19(8-10-20)32-13-12-17-14-18(28(33)34)6-11-24(17)32/h1-3,6-14,16H,4-5,15H2,(H,33,34). The van der Waals surface area contributed by atoms with Crippen LogP contribution in [0.3, 0.4) is 0 Å². The fourth-order valence-corrected chi connectivity index (χ4v) is 4.98. The van der Waals surface area contributed by atoms with Gasteiger partial charge in [-0.2, -0.15) is 0 Å². The molecular formula is C28H20Cl2N2O4. The van der Waals surface area contributed by atoms with Crippen LogP contribution in [0.5, 0.6) is 5.75 Å². The van der Waals surface area contributed by atoms with Gasteiger partial charge in [-0.25, -0.2) is 4.79 Å². The summed E-state index contributed by atoms with van der Waals surface area (Å²) in [6, 6.07) is 20.1. The van der Waals surface area contributed by atoms with Crippen molar-refractivity contribution in [2.45, 2.75) is 25.4 Å². The molecule has 5 aromatic rings. The summed E-state index contributed by atoms with van der Waals surface area (Å²) >= 11 is 12.9. The second kappa shape index (κ2) is 9.04. The molecule has 2 heterocycles. The van der Waals surface area contributed by atoms with E-state index in [-0.39, 0.29) is 12.2 Å². The molecule has 1 N–H and O–H groups in total. The number of halogens is 2. The highest BCUT2D eigenvalue weighted by molar-refractivity contribution is 6.39. The smallest absolute Gasteiger partial charge is 0.335 e. The van der Waals surface area contributed by atoms with E-state index >= 15 is 0 Å². The van der Waals surface area contributed by atoms with Crippen LogP contribution >= 0.6 is 23.2 Å². The Balaban J connectivity index is 1.26. The summed E-state index contributed by atoms with van der Waals surface area (Å²) in [6.07, 6.45) is 4.04. The third kappa shape index (κ3) is 4.12. The summed E-state index contributed by atoms with van der Waals surface area (Å²) in [5, 5.41) is 15.4. The molecule has 0 saturated heterocycles. The molecule has 0 bridgehead atoms. The first-order valence-electron chi connectivity index (χ1n) is 11.5. The van der Waals surface area contributed by atoms with Crippen LogP contribution in [0.1, 0.15) is 40.4 Å². The van der Waals surface area contributed by atoms with E-state index in [9.17, 15) is 9.90 Å². The molecule has 0 aliphatic heterocycles. The molecule has 6 nitrogen and oxygen atoms in total. The van der Waals surface area contributed by atoms with Crippen molar-refractivity contribution in [3.8, 4) is 22.7 Å². The van der Waals surface area contributed by atoms with Crippen LogP contribution in [0.2, 0.25) is 10.0 Å². The van der Waals surface area contributed by atoms with Crippen molar-refractivity contribution in [2.75, 3.05) is 0 Å². The number of fused-ring (bicyclic) bond motifs is 1. The predicted octanol–water partition coefficient (Wildman–Crippen LogP) is 7.75. The highest BCUT2D eigenvalue weighted by Crippen LogP contribution is 2.46. The van der Waals surface area contributed by atoms with Gasteiger partial charge in [-0.15, -0.1) is 0 Å². The zero-order valence-electron chi connectivity index (χ0n) is 18.9. The third-order valence-corrected chi connectivity index (χ3v) is 7.03. The van der Waals surface area contributed by atoms with Crippen molar-refractivity contribution >= 4 is 40.1 Å². The van der Waals surface area contributed by atoms with Crippen molar-refractivity contribution in [1.29, 1.82) is 0 Å². The summed E-state index contributed by atoms with van der Waals surface area (Å²) in [5.74, 6) is 0.931. The fourth-order valence-electron chi connectivity index (χ4n) is 4.41. The maximum absolute atomic E-state index is 11.3. The number of carbonyl (C=O) groups is 1. The summed E-state index contributed by atoms with van der Waals surface area (Å²) < 4.78 is 13.9. The molecule has 2 aromatic heterocycles. The van der Waals surface area contributed by atoms with Gasteiger partial charge in [0.05, 0.1) is 26.7 Å². The number of aromatic nitrogens is 2. The van der Waals surface area contributed by atoms with Crippen LogP contribution in [0.15, 0.2) is 77.4 Å². The van der Waals surface area contributed by atoms with E-state index in [1.807, 2.05) is 47.2 Å². The topological polar surface area (TPSA) is 77.5 Å². The minimum atomic E-state index is -0.941. The first-order valence-corrected chi connectivity index (χ1v) is 12.3. The summed E-state index contributed by atoms with van der Waals surface area (Å²) in [6.45, 7) is 0.274. The number of aromatic carboxylic acids is 1. The van der Waals surface area contributed by atoms with Crippen LogP contribution in [0, 0.1) is 0 Å². The van der Waals surface area contributed by atoms with Crippen LogP contribution in [0.4, 0.5) is 0 Å². The van der Waals surface area contributed by atoms with Gasteiger partial charge >= 0.3 is 5.97 Å². The Morgan fingerprint density at radius 1 is 1.06 bits per heavy atom. The molecule has 1 fully saturated rings. The number of carboxylic acids is 1. The molecule has 0 unspecified atom stereocenters. The van der Waals surface area contributed by atoms with Crippen molar-refractivity contribution in [3.05, 3.63) is 99.9 Å². The second-order valence-electron chi connectivity index (χ2n) is 8.79. The van der Waals surface area contributed by atoms with Gasteiger partial charge in [0, 0.05) is 28.8 Å². The Kier molecular flexibility index (Phi) is 5.70. The molecule has 180 valence electrons. The molecule has 36 heavy (non-hydrogen) atoms. The Morgan fingerprint density at radius 3 is 2.50 bits per heavy atom. The lowest BCUT2D eigenvalue weighted by atomic mass is 10.0. The molecular weight excluding hydrogens is 499 g/mol. The SMILES string of the molecule is O=C(O)c1ccc2c(ccn2-c2ccc(OCc3c(-c4c(Cl)cccc4Cl)noc3C3CC3)cc2)c1. The first-order chi connectivity index (χ1) is 17.5. The van der Waals surface area contributed by atoms with Crippen molar-refractivity contribution in [3.63, 3.8) is 0 Å². The Bertz CT molecular complexity index is 1580. The fraction of sp³-hybridized carbons (Fsp3) is 0.143. The van der Waals surface area contributed by atoms with Crippen LogP contribution in [-0.4, -0.2) is 20.8 Å². The number of ether oxygens (including phenoxy) is 1. The lowest BCUT2D eigenvalue weighted by molar-refractivity contribution is 0.0697. The highest BCUT2D eigenvalue weighted by atomic mass is 35.5. The summed E-state index contributed by atoms with van der Waals surface area (Å²) in [4.78, 5) is 11.3. The summed E-state index contributed by atoms with van der Waals surface area (Å²) in [5.41, 5.74) is 4.25. The van der Waals surface area contributed by atoms with E-state index in [1.54, 1.807) is 30.3 Å². The third-order valence-electron chi connectivity index (χ3n) is 6.40. The molecule has 3 aromatic carbocycles. The van der Waals surface area contributed by atoms with Crippen molar-refractivity contribution in [1.82, 2.24) is 9.72 Å². The zero-order valence-corrected chi connectivity index (χ0v) is 20.5. The van der Waals surface area contributed by atoms with E-state index < -0.39 is 5.97 Å². The quantitative estimate of drug-likeness (QED) is 0.238. The van der Waals surface area contributed by atoms with Gasteiger partial charge < -0.3 is 18.9 Å². The van der Waals surface area contributed by atoms with Crippen LogP contribution in [-0.2, 0) is 6.61 Å². The van der Waals surface area contributed by atoms with Crippen LogP contribution in [0.25, 0.3) is 27.8 Å². The lowest BCUT2D eigenvalue weighted by Crippen LogP contribution is -2.00. The molecule has 0 atom stereocenters. The second-order valence-corrected chi connectivity index (χ2v) is 9.61. The number of carboxylic acid groups (broad SMARTS) is 1. The molecule has 1 saturated carbocycles. The summed E-state index contributed by atoms with van der Waals surface area (Å²) in [7, 11) is 0. The maximum Gasteiger partial charge on any atom is 0.335 e. The lowest BCUT2D eigenvalue weighted by Gasteiger charge is -2.11. The van der Waals surface area contributed by atoms with E-state index in [0.717, 1.165) is 40.8 Å². The van der Waals surface area contributed by atoms with E-state index in [0.29, 0.717) is 33.0 Å². The predicted molar refractivity (Wildman–Crippen MR) is 139 cm³/mol. The van der Waals surface area contributed by atoms with Gasteiger partial charge in [0.25, 0.3) is 0 Å². The van der Waals surface area contributed by atoms with Crippen LogP contribution < -0.4 is 4.74 Å². The number of hydrogen-bond donors (Lipinski definition) is 1. The first kappa shape index (κ1) is 22.7. The Hall–Kier alpha value is -3.74. The molecule has 0 radical (unpaired) electrons. The number of rotatable bonds is 7. The van der Waals surface area contributed by atoms with Gasteiger partial charge in [-0.3, -0.25) is 0 Å². The van der Waals surface area contributed by atoms with Gasteiger partial charge in [0.1, 0.15) is 23.8 Å². The van der Waals surface area contributed by atoms with Gasteiger partial charge in [-0.05, 0) is 73.5 Å². The monoisotopic (exact) mass is 518 g/mol. The number of hydrogen-bond acceptors (Lipinski definition) is 4. The zero-order chi connectivity index (χ0) is 24.8. The Morgan fingerprint density at radius 2 is 1.81 bits per heavy atom. The van der Waals surface area contributed by atoms with E-state index in [2.05, 4.69) is 5.16 Å². The Labute approximate surface area is 216 Å². The van der Waals surface area contributed by atoms with Crippen molar-refractivity contribution < 1.29 is 19.2 Å². The molecule has 6 rings (SSSR count). The van der Waals surface area contributed by atoms with Crippen molar-refractivity contribution in [2.24, 2.45) is 0 Å². The number of nitrogens with zero attached hydrogens (tertiary/aromatic N) is 2. The highest BCUT2D eigenvalue weighted by Gasteiger charge is 2.33. The molecule has 0 amide bonds. The normalized spacial score (nSPS) is 13.3. The average Bonchev–Trinajstić information content (AvgIpc) is 3.50. The van der Waals surface area contributed by atoms with E-state index in [1.165, 1.54) is 0 Å².